The maximum atomic E-state index is 13.3. The third kappa shape index (κ3) is 4.76. The van der Waals surface area contributed by atoms with Gasteiger partial charge < -0.3 is 15.2 Å². The van der Waals surface area contributed by atoms with Crippen LogP contribution in [-0.2, 0) is 14.3 Å². The Bertz CT molecular complexity index is 492. The summed E-state index contributed by atoms with van der Waals surface area (Å²) in [7, 11) is 1.77. The zero-order valence-corrected chi connectivity index (χ0v) is 12.8. The fourth-order valence-corrected chi connectivity index (χ4v) is 2.64. The van der Waals surface area contributed by atoms with Gasteiger partial charge in [0.1, 0.15) is 11.9 Å². The normalized spacial score (nSPS) is 19.5. The topological polar surface area (TPSA) is 64.8 Å². The SMILES string of the molecule is CN(CCOC[C@@H]1CCCO1)[C@H](C(N)=O)c1cccc(F)c1. The number of nitrogens with two attached hydrogens (primary N) is 1. The Hall–Kier alpha value is -1.50. The van der Waals surface area contributed by atoms with Crippen molar-refractivity contribution in [1.29, 1.82) is 0 Å². The van der Waals surface area contributed by atoms with Gasteiger partial charge in [-0.2, -0.15) is 0 Å². The minimum atomic E-state index is -0.665. The molecule has 1 aliphatic rings. The van der Waals surface area contributed by atoms with Crippen LogP contribution in [0.3, 0.4) is 0 Å². The number of halogens is 1. The van der Waals surface area contributed by atoms with Crippen molar-refractivity contribution in [2.75, 3.05) is 33.4 Å². The van der Waals surface area contributed by atoms with Crippen molar-refractivity contribution in [3.63, 3.8) is 0 Å². The van der Waals surface area contributed by atoms with Crippen LogP contribution >= 0.6 is 0 Å². The summed E-state index contributed by atoms with van der Waals surface area (Å²) in [5, 5.41) is 0. The number of nitrogens with zero attached hydrogens (tertiary/aromatic N) is 1. The van der Waals surface area contributed by atoms with Gasteiger partial charge >= 0.3 is 0 Å². The predicted molar refractivity (Wildman–Crippen MR) is 80.8 cm³/mol. The predicted octanol–water partition coefficient (Wildman–Crippen LogP) is 1.48. The lowest BCUT2D eigenvalue weighted by Crippen LogP contribution is -2.37. The van der Waals surface area contributed by atoms with Crippen LogP contribution in [0.5, 0.6) is 0 Å². The largest absolute Gasteiger partial charge is 0.377 e. The molecule has 0 spiro atoms. The maximum Gasteiger partial charge on any atom is 0.239 e. The summed E-state index contributed by atoms with van der Waals surface area (Å²) in [6.45, 7) is 2.36. The Kier molecular flexibility index (Phi) is 6.30. The Morgan fingerprint density at radius 3 is 3.05 bits per heavy atom. The first-order valence-electron chi connectivity index (χ1n) is 7.52. The first-order chi connectivity index (χ1) is 10.6. The first-order valence-corrected chi connectivity index (χ1v) is 7.52. The lowest BCUT2D eigenvalue weighted by Gasteiger charge is -2.26. The molecular weight excluding hydrogens is 287 g/mol. The molecule has 0 unspecified atom stereocenters. The lowest BCUT2D eigenvalue weighted by molar-refractivity contribution is -0.123. The molecule has 0 aliphatic carbocycles. The molecule has 0 bridgehead atoms. The summed E-state index contributed by atoms with van der Waals surface area (Å²) in [6.07, 6.45) is 2.29. The molecule has 1 aromatic carbocycles. The molecule has 1 saturated heterocycles. The first kappa shape index (κ1) is 16.9. The minimum absolute atomic E-state index is 0.181. The van der Waals surface area contributed by atoms with E-state index in [-0.39, 0.29) is 11.9 Å². The van der Waals surface area contributed by atoms with Gasteiger partial charge in [0.15, 0.2) is 0 Å². The fourth-order valence-electron chi connectivity index (χ4n) is 2.64. The summed E-state index contributed by atoms with van der Waals surface area (Å²) in [4.78, 5) is 13.5. The highest BCUT2D eigenvalue weighted by molar-refractivity contribution is 5.81. The van der Waals surface area contributed by atoms with Crippen molar-refractivity contribution < 1.29 is 18.7 Å². The molecule has 2 atom stereocenters. The quantitative estimate of drug-likeness (QED) is 0.739. The molecule has 5 nitrogen and oxygen atoms in total. The van der Waals surface area contributed by atoms with Crippen LogP contribution in [-0.4, -0.2) is 50.3 Å². The monoisotopic (exact) mass is 310 g/mol. The Morgan fingerprint density at radius 1 is 1.59 bits per heavy atom. The van der Waals surface area contributed by atoms with Gasteiger partial charge in [0, 0.05) is 13.2 Å². The van der Waals surface area contributed by atoms with E-state index in [2.05, 4.69) is 0 Å². The van der Waals surface area contributed by atoms with E-state index in [0.717, 1.165) is 19.4 Å². The van der Waals surface area contributed by atoms with Crippen LogP contribution in [0.4, 0.5) is 4.39 Å². The van der Waals surface area contributed by atoms with Crippen molar-refractivity contribution in [3.8, 4) is 0 Å². The van der Waals surface area contributed by atoms with E-state index in [1.54, 1.807) is 24.1 Å². The van der Waals surface area contributed by atoms with Crippen molar-refractivity contribution in [1.82, 2.24) is 4.90 Å². The molecule has 0 saturated carbocycles. The minimum Gasteiger partial charge on any atom is -0.377 e. The second kappa shape index (κ2) is 8.22. The summed E-state index contributed by atoms with van der Waals surface area (Å²) >= 11 is 0. The van der Waals surface area contributed by atoms with Gasteiger partial charge in [-0.15, -0.1) is 0 Å². The number of ether oxygens (including phenoxy) is 2. The van der Waals surface area contributed by atoms with Crippen LogP contribution in [0.1, 0.15) is 24.4 Å². The average Bonchev–Trinajstić information content (AvgIpc) is 2.97. The van der Waals surface area contributed by atoms with E-state index in [9.17, 15) is 9.18 Å². The Balaban J connectivity index is 1.84. The summed E-state index contributed by atoms with van der Waals surface area (Å²) in [5.74, 6) is -0.890. The fraction of sp³-hybridized carbons (Fsp3) is 0.562. The molecule has 0 aromatic heterocycles. The van der Waals surface area contributed by atoms with Gasteiger partial charge in [-0.25, -0.2) is 4.39 Å². The number of primary amides is 1. The highest BCUT2D eigenvalue weighted by Gasteiger charge is 2.23. The van der Waals surface area contributed by atoms with E-state index in [1.165, 1.54) is 12.1 Å². The number of hydrogen-bond donors (Lipinski definition) is 1. The maximum absolute atomic E-state index is 13.3. The Morgan fingerprint density at radius 2 is 2.41 bits per heavy atom. The number of amides is 1. The zero-order chi connectivity index (χ0) is 15.9. The molecule has 2 N–H and O–H groups in total. The van der Waals surface area contributed by atoms with Crippen LogP contribution in [0.15, 0.2) is 24.3 Å². The summed E-state index contributed by atoms with van der Waals surface area (Å²) < 4.78 is 24.4. The molecule has 1 fully saturated rings. The number of carbonyl (C=O) groups excluding carboxylic acids is 1. The van der Waals surface area contributed by atoms with Gasteiger partial charge in [-0.3, -0.25) is 9.69 Å². The number of carbonyl (C=O) groups is 1. The van der Waals surface area contributed by atoms with Gasteiger partial charge in [0.05, 0.1) is 19.3 Å². The van der Waals surface area contributed by atoms with Crippen molar-refractivity contribution in [2.45, 2.75) is 25.0 Å². The molecule has 1 amide bonds. The van der Waals surface area contributed by atoms with Crippen molar-refractivity contribution >= 4 is 5.91 Å². The molecule has 122 valence electrons. The summed E-state index contributed by atoms with van der Waals surface area (Å²) in [6, 6.07) is 5.28. The smallest absolute Gasteiger partial charge is 0.239 e. The van der Waals surface area contributed by atoms with Crippen LogP contribution < -0.4 is 5.73 Å². The summed E-state index contributed by atoms with van der Waals surface area (Å²) in [5.41, 5.74) is 6.01. The number of rotatable bonds is 8. The highest BCUT2D eigenvalue weighted by atomic mass is 19.1. The van der Waals surface area contributed by atoms with E-state index in [1.807, 2.05) is 0 Å². The Labute approximate surface area is 130 Å². The van der Waals surface area contributed by atoms with Crippen molar-refractivity contribution in [3.05, 3.63) is 35.6 Å². The van der Waals surface area contributed by atoms with Gasteiger partial charge in [0.2, 0.25) is 5.91 Å². The molecule has 0 radical (unpaired) electrons. The zero-order valence-electron chi connectivity index (χ0n) is 12.8. The molecule has 1 aromatic rings. The van der Waals surface area contributed by atoms with E-state index >= 15 is 0 Å². The van der Waals surface area contributed by atoms with Crippen LogP contribution in [0, 0.1) is 5.82 Å². The van der Waals surface area contributed by atoms with Crippen molar-refractivity contribution in [2.24, 2.45) is 5.73 Å². The third-order valence-corrected chi connectivity index (χ3v) is 3.79. The lowest BCUT2D eigenvalue weighted by atomic mass is 10.1. The molecule has 22 heavy (non-hydrogen) atoms. The number of likely N-dealkylation sites (N-methyl/N-ethyl adjacent to an activating group) is 1. The van der Waals surface area contributed by atoms with Crippen LogP contribution in [0.25, 0.3) is 0 Å². The van der Waals surface area contributed by atoms with E-state index < -0.39 is 11.9 Å². The second-order valence-electron chi connectivity index (χ2n) is 5.55. The van der Waals surface area contributed by atoms with Gasteiger partial charge in [-0.05, 0) is 37.6 Å². The number of hydrogen-bond acceptors (Lipinski definition) is 4. The van der Waals surface area contributed by atoms with Gasteiger partial charge in [0.25, 0.3) is 0 Å². The molecule has 1 heterocycles. The molecule has 6 heteroatoms. The molecule has 2 rings (SSSR count). The third-order valence-electron chi connectivity index (χ3n) is 3.79. The molecular formula is C16H23FN2O3. The standard InChI is InChI=1S/C16H23FN2O3/c1-19(7-9-21-11-14-6-3-8-22-14)15(16(18)20)12-4-2-5-13(17)10-12/h2,4-5,10,14-15H,3,6-9,11H2,1H3,(H2,18,20)/t14-,15-/m0/s1. The van der Waals surface area contributed by atoms with Gasteiger partial charge in [-0.1, -0.05) is 12.1 Å². The van der Waals surface area contributed by atoms with Crippen LogP contribution in [0.2, 0.25) is 0 Å². The highest BCUT2D eigenvalue weighted by Crippen LogP contribution is 2.20. The second-order valence-corrected chi connectivity index (χ2v) is 5.55. The van der Waals surface area contributed by atoms with E-state index in [0.29, 0.717) is 25.3 Å². The number of benzene rings is 1. The van der Waals surface area contributed by atoms with E-state index in [4.69, 9.17) is 15.2 Å². The molecule has 1 aliphatic heterocycles. The average molecular weight is 310 g/mol.